The standard InChI is InChI=1S/C14H19N3O3/c15-12(9-10-1-3-11(18)4-2-10)14(20)17-7-5-13(19)16-6-8-17/h1-4,12,18H,5-9,15H2,(H,16,19)/t12-/m1/s1. The fourth-order valence-corrected chi connectivity index (χ4v) is 2.20. The highest BCUT2D eigenvalue weighted by molar-refractivity contribution is 5.83. The van der Waals surface area contributed by atoms with Crippen molar-refractivity contribution in [3.63, 3.8) is 0 Å². The summed E-state index contributed by atoms with van der Waals surface area (Å²) < 4.78 is 0. The molecular formula is C14H19N3O3. The molecule has 0 aromatic heterocycles. The van der Waals surface area contributed by atoms with Crippen molar-refractivity contribution in [2.24, 2.45) is 5.73 Å². The van der Waals surface area contributed by atoms with Crippen LogP contribution in [0.15, 0.2) is 24.3 Å². The number of aromatic hydroxyl groups is 1. The number of rotatable bonds is 3. The highest BCUT2D eigenvalue weighted by Gasteiger charge is 2.23. The molecule has 108 valence electrons. The predicted molar refractivity (Wildman–Crippen MR) is 74.0 cm³/mol. The molecule has 6 nitrogen and oxygen atoms in total. The molecule has 1 saturated heterocycles. The smallest absolute Gasteiger partial charge is 0.239 e. The minimum atomic E-state index is -0.632. The number of phenolic OH excluding ortho intramolecular Hbond substituents is 1. The molecule has 20 heavy (non-hydrogen) atoms. The predicted octanol–water partition coefficient (Wildman–Crippen LogP) is -0.390. The van der Waals surface area contributed by atoms with Gasteiger partial charge in [0.25, 0.3) is 0 Å². The maximum atomic E-state index is 12.2. The molecule has 1 heterocycles. The van der Waals surface area contributed by atoms with E-state index in [0.29, 0.717) is 32.5 Å². The lowest BCUT2D eigenvalue weighted by atomic mass is 10.1. The minimum Gasteiger partial charge on any atom is -0.508 e. The molecule has 1 aromatic carbocycles. The van der Waals surface area contributed by atoms with Gasteiger partial charge in [-0.25, -0.2) is 0 Å². The molecule has 1 aromatic rings. The Kier molecular flexibility index (Phi) is 4.57. The van der Waals surface area contributed by atoms with E-state index in [9.17, 15) is 14.7 Å². The van der Waals surface area contributed by atoms with Gasteiger partial charge in [0.15, 0.2) is 0 Å². The van der Waals surface area contributed by atoms with Gasteiger partial charge in [0.05, 0.1) is 6.04 Å². The lowest BCUT2D eigenvalue weighted by molar-refractivity contribution is -0.132. The Morgan fingerprint density at radius 3 is 2.75 bits per heavy atom. The zero-order valence-electron chi connectivity index (χ0n) is 11.2. The molecule has 0 saturated carbocycles. The van der Waals surface area contributed by atoms with Crippen LogP contribution in [-0.4, -0.2) is 47.5 Å². The van der Waals surface area contributed by atoms with Crippen molar-refractivity contribution < 1.29 is 14.7 Å². The fourth-order valence-electron chi connectivity index (χ4n) is 2.20. The number of benzene rings is 1. The number of nitrogens with zero attached hydrogens (tertiary/aromatic N) is 1. The van der Waals surface area contributed by atoms with Gasteiger partial charge in [0, 0.05) is 26.1 Å². The Bertz CT molecular complexity index is 487. The second kappa shape index (κ2) is 6.38. The number of nitrogens with one attached hydrogen (secondary N) is 1. The summed E-state index contributed by atoms with van der Waals surface area (Å²) in [6, 6.07) is 6.00. The monoisotopic (exact) mass is 277 g/mol. The van der Waals surface area contributed by atoms with Crippen LogP contribution in [0.1, 0.15) is 12.0 Å². The molecule has 1 atom stereocenters. The number of phenols is 1. The molecular weight excluding hydrogens is 258 g/mol. The maximum Gasteiger partial charge on any atom is 0.239 e. The molecule has 0 radical (unpaired) electrons. The van der Waals surface area contributed by atoms with Crippen molar-refractivity contribution >= 4 is 11.8 Å². The number of hydrogen-bond acceptors (Lipinski definition) is 4. The van der Waals surface area contributed by atoms with Gasteiger partial charge in [-0.15, -0.1) is 0 Å². The fraction of sp³-hybridized carbons (Fsp3) is 0.429. The van der Waals surface area contributed by atoms with Crippen LogP contribution in [-0.2, 0) is 16.0 Å². The van der Waals surface area contributed by atoms with Crippen LogP contribution in [0.2, 0.25) is 0 Å². The summed E-state index contributed by atoms with van der Waals surface area (Å²) in [6.45, 7) is 1.37. The van der Waals surface area contributed by atoms with E-state index in [1.54, 1.807) is 29.2 Å². The van der Waals surface area contributed by atoms with Crippen LogP contribution in [0.4, 0.5) is 0 Å². The van der Waals surface area contributed by atoms with Crippen LogP contribution in [0.3, 0.4) is 0 Å². The Balaban J connectivity index is 1.94. The van der Waals surface area contributed by atoms with E-state index in [1.807, 2.05) is 0 Å². The molecule has 1 fully saturated rings. The third kappa shape index (κ3) is 3.71. The molecule has 6 heteroatoms. The summed E-state index contributed by atoms with van der Waals surface area (Å²) in [4.78, 5) is 25.1. The summed E-state index contributed by atoms with van der Waals surface area (Å²) in [5, 5.41) is 11.9. The first kappa shape index (κ1) is 14.3. The molecule has 4 N–H and O–H groups in total. The van der Waals surface area contributed by atoms with Gasteiger partial charge < -0.3 is 21.1 Å². The van der Waals surface area contributed by atoms with Gasteiger partial charge >= 0.3 is 0 Å². The molecule has 2 amide bonds. The molecule has 2 rings (SSSR count). The van der Waals surface area contributed by atoms with Crippen LogP contribution in [0.5, 0.6) is 5.75 Å². The molecule has 0 bridgehead atoms. The molecule has 1 aliphatic rings. The summed E-state index contributed by atoms with van der Waals surface area (Å²) in [5.74, 6) is 0.00716. The summed E-state index contributed by atoms with van der Waals surface area (Å²) in [6.07, 6.45) is 0.731. The van der Waals surface area contributed by atoms with Crippen LogP contribution >= 0.6 is 0 Å². The van der Waals surface area contributed by atoms with Gasteiger partial charge in [-0.2, -0.15) is 0 Å². The topological polar surface area (TPSA) is 95.7 Å². The van der Waals surface area contributed by atoms with Gasteiger partial charge in [-0.1, -0.05) is 12.1 Å². The lowest BCUT2D eigenvalue weighted by Gasteiger charge is -2.23. The number of amides is 2. The second-order valence-electron chi connectivity index (χ2n) is 4.90. The Hall–Kier alpha value is -2.08. The van der Waals surface area contributed by atoms with Gasteiger partial charge in [0.2, 0.25) is 11.8 Å². The third-order valence-electron chi connectivity index (χ3n) is 3.33. The zero-order chi connectivity index (χ0) is 14.5. The van der Waals surface area contributed by atoms with E-state index in [2.05, 4.69) is 5.32 Å². The van der Waals surface area contributed by atoms with Crippen LogP contribution < -0.4 is 11.1 Å². The van der Waals surface area contributed by atoms with Crippen molar-refractivity contribution in [1.82, 2.24) is 10.2 Å². The van der Waals surface area contributed by atoms with E-state index in [-0.39, 0.29) is 17.6 Å². The van der Waals surface area contributed by atoms with Gasteiger partial charge in [-0.05, 0) is 24.1 Å². The van der Waals surface area contributed by atoms with E-state index >= 15 is 0 Å². The number of nitrogens with two attached hydrogens (primary N) is 1. The molecule has 0 spiro atoms. The Morgan fingerprint density at radius 2 is 2.05 bits per heavy atom. The van der Waals surface area contributed by atoms with Crippen molar-refractivity contribution in [1.29, 1.82) is 0 Å². The highest BCUT2D eigenvalue weighted by atomic mass is 16.3. The molecule has 0 unspecified atom stereocenters. The summed E-state index contributed by atoms with van der Waals surface area (Å²) in [5.41, 5.74) is 6.84. The quantitative estimate of drug-likeness (QED) is 0.701. The Morgan fingerprint density at radius 1 is 1.35 bits per heavy atom. The number of hydrogen-bond donors (Lipinski definition) is 3. The second-order valence-corrected chi connectivity index (χ2v) is 4.90. The SMILES string of the molecule is N[C@H](Cc1ccc(O)cc1)C(=O)N1CCNC(=O)CC1. The summed E-state index contributed by atoms with van der Waals surface area (Å²) >= 11 is 0. The van der Waals surface area contributed by atoms with E-state index < -0.39 is 6.04 Å². The number of carbonyl (C=O) groups is 2. The van der Waals surface area contributed by atoms with Crippen LogP contribution in [0.25, 0.3) is 0 Å². The molecule has 1 aliphatic heterocycles. The molecule has 0 aliphatic carbocycles. The van der Waals surface area contributed by atoms with Gasteiger partial charge in [-0.3, -0.25) is 9.59 Å². The largest absolute Gasteiger partial charge is 0.508 e. The zero-order valence-corrected chi connectivity index (χ0v) is 11.2. The normalized spacial score (nSPS) is 17.2. The van der Waals surface area contributed by atoms with Crippen molar-refractivity contribution in [3.05, 3.63) is 29.8 Å². The average Bonchev–Trinajstić information content (AvgIpc) is 2.65. The highest BCUT2D eigenvalue weighted by Crippen LogP contribution is 2.12. The average molecular weight is 277 g/mol. The maximum absolute atomic E-state index is 12.2. The third-order valence-corrected chi connectivity index (χ3v) is 3.33. The minimum absolute atomic E-state index is 0.0348. The first-order valence-electron chi connectivity index (χ1n) is 6.65. The van der Waals surface area contributed by atoms with E-state index in [4.69, 9.17) is 5.73 Å². The van der Waals surface area contributed by atoms with Crippen molar-refractivity contribution in [3.8, 4) is 5.75 Å². The number of carbonyl (C=O) groups excluding carboxylic acids is 2. The van der Waals surface area contributed by atoms with Crippen molar-refractivity contribution in [2.75, 3.05) is 19.6 Å². The first-order chi connectivity index (χ1) is 9.56. The van der Waals surface area contributed by atoms with E-state index in [0.717, 1.165) is 5.56 Å². The summed E-state index contributed by atoms with van der Waals surface area (Å²) in [7, 11) is 0. The first-order valence-corrected chi connectivity index (χ1v) is 6.65. The van der Waals surface area contributed by atoms with Crippen molar-refractivity contribution in [2.45, 2.75) is 18.9 Å². The lowest BCUT2D eigenvalue weighted by Crippen LogP contribution is -2.46. The van der Waals surface area contributed by atoms with E-state index in [1.165, 1.54) is 0 Å². The van der Waals surface area contributed by atoms with Gasteiger partial charge in [0.1, 0.15) is 5.75 Å². The Labute approximate surface area is 117 Å². The van der Waals surface area contributed by atoms with Crippen LogP contribution in [0, 0.1) is 0 Å².